The van der Waals surface area contributed by atoms with E-state index in [1.54, 1.807) is 6.07 Å². The van der Waals surface area contributed by atoms with E-state index < -0.39 is 0 Å². The molecule has 2 rings (SSSR count). The van der Waals surface area contributed by atoms with Crippen LogP contribution in [0.25, 0.3) is 0 Å². The molecular weight excluding hydrogens is 179 g/mol. The molecule has 14 heavy (non-hydrogen) atoms. The lowest BCUT2D eigenvalue weighted by molar-refractivity contribution is 0.0972. The van der Waals surface area contributed by atoms with E-state index in [0.29, 0.717) is 12.8 Å². The first-order valence-electron chi connectivity index (χ1n) is 5.07. The van der Waals surface area contributed by atoms with Crippen molar-refractivity contribution in [2.75, 3.05) is 0 Å². The van der Waals surface area contributed by atoms with Gasteiger partial charge in [-0.1, -0.05) is 6.92 Å². The van der Waals surface area contributed by atoms with Gasteiger partial charge in [0.05, 0.1) is 0 Å². The lowest BCUT2D eigenvalue weighted by Crippen LogP contribution is -2.13. The molecule has 0 radical (unpaired) electrons. The Morgan fingerprint density at radius 2 is 2.14 bits per heavy atom. The van der Waals surface area contributed by atoms with Gasteiger partial charge in [0.15, 0.2) is 5.78 Å². The lowest BCUT2D eigenvalue weighted by atomic mass is 9.86. The van der Waals surface area contributed by atoms with Crippen LogP contribution >= 0.6 is 0 Å². The van der Waals surface area contributed by atoms with Crippen LogP contribution in [0.4, 0.5) is 4.39 Å². The number of rotatable bonds is 1. The maximum absolute atomic E-state index is 13.4. The summed E-state index contributed by atoms with van der Waals surface area (Å²) in [6.45, 7) is 1.93. The number of carbonyl (C=O) groups is 1. The van der Waals surface area contributed by atoms with E-state index in [4.69, 9.17) is 0 Å². The molecule has 0 N–H and O–H groups in total. The maximum atomic E-state index is 13.4. The molecule has 0 heterocycles. The van der Waals surface area contributed by atoms with Gasteiger partial charge in [0.2, 0.25) is 0 Å². The molecule has 2 heteroatoms. The quantitative estimate of drug-likeness (QED) is 0.668. The second kappa shape index (κ2) is 3.52. The number of carbonyl (C=O) groups excluding carboxylic acids is 1. The number of hydrogen-bond donors (Lipinski definition) is 0. The second-order valence-corrected chi connectivity index (χ2v) is 3.68. The van der Waals surface area contributed by atoms with Crippen molar-refractivity contribution in [2.45, 2.75) is 32.6 Å². The highest BCUT2D eigenvalue weighted by Crippen LogP contribution is 2.26. The third kappa shape index (κ3) is 1.35. The molecule has 1 aromatic rings. The highest BCUT2D eigenvalue weighted by atomic mass is 19.1. The Morgan fingerprint density at radius 1 is 1.36 bits per heavy atom. The van der Waals surface area contributed by atoms with Crippen LogP contribution in [0.2, 0.25) is 0 Å². The zero-order chi connectivity index (χ0) is 10.1. The number of hydrogen-bond acceptors (Lipinski definition) is 1. The van der Waals surface area contributed by atoms with Crippen molar-refractivity contribution in [3.05, 3.63) is 34.6 Å². The largest absolute Gasteiger partial charge is 0.294 e. The Morgan fingerprint density at radius 3 is 2.86 bits per heavy atom. The molecular formula is C12H13FO. The van der Waals surface area contributed by atoms with Gasteiger partial charge in [-0.3, -0.25) is 4.79 Å². The molecule has 1 aliphatic rings. The Labute approximate surface area is 82.9 Å². The molecule has 1 aromatic carbocycles. The topological polar surface area (TPSA) is 17.1 Å². The van der Waals surface area contributed by atoms with Crippen LogP contribution in [0.1, 0.15) is 41.3 Å². The summed E-state index contributed by atoms with van der Waals surface area (Å²) in [5.41, 5.74) is 2.42. The summed E-state index contributed by atoms with van der Waals surface area (Å²) in [6.07, 6.45) is 2.99. The maximum Gasteiger partial charge on any atom is 0.163 e. The van der Waals surface area contributed by atoms with E-state index in [1.807, 2.05) is 6.92 Å². The smallest absolute Gasteiger partial charge is 0.163 e. The van der Waals surface area contributed by atoms with Crippen LogP contribution in [0, 0.1) is 5.82 Å². The molecule has 74 valence electrons. The predicted octanol–water partition coefficient (Wildman–Crippen LogP) is 2.91. The van der Waals surface area contributed by atoms with Gasteiger partial charge in [-0.05, 0) is 42.5 Å². The van der Waals surface area contributed by atoms with Gasteiger partial charge in [-0.25, -0.2) is 4.39 Å². The van der Waals surface area contributed by atoms with E-state index in [-0.39, 0.29) is 11.6 Å². The average Bonchev–Trinajstić information content (AvgIpc) is 2.18. The third-order valence-electron chi connectivity index (χ3n) is 2.86. The zero-order valence-electron chi connectivity index (χ0n) is 8.27. The van der Waals surface area contributed by atoms with Crippen molar-refractivity contribution in [2.24, 2.45) is 0 Å². The van der Waals surface area contributed by atoms with Crippen LogP contribution in [-0.2, 0) is 12.8 Å². The normalized spacial score (nSPS) is 15.4. The summed E-state index contributed by atoms with van der Waals surface area (Å²) in [4.78, 5) is 11.5. The van der Waals surface area contributed by atoms with Crippen molar-refractivity contribution in [3.63, 3.8) is 0 Å². The summed E-state index contributed by atoms with van der Waals surface area (Å²) in [5.74, 6) is 0.00176. The molecule has 0 atom stereocenters. The van der Waals surface area contributed by atoms with Gasteiger partial charge in [0, 0.05) is 12.0 Å². The van der Waals surface area contributed by atoms with Crippen LogP contribution in [0.5, 0.6) is 0 Å². The molecule has 0 saturated heterocycles. The molecule has 0 aliphatic heterocycles. The monoisotopic (exact) mass is 192 g/mol. The van der Waals surface area contributed by atoms with Crippen LogP contribution in [0.3, 0.4) is 0 Å². The third-order valence-corrected chi connectivity index (χ3v) is 2.86. The summed E-state index contributed by atoms with van der Waals surface area (Å²) < 4.78 is 13.4. The number of Topliss-reactive ketones (excluding diaryl/α,β-unsaturated/α-hetero) is 1. The fourth-order valence-electron chi connectivity index (χ4n) is 2.15. The molecule has 0 saturated carbocycles. The van der Waals surface area contributed by atoms with Crippen molar-refractivity contribution >= 4 is 5.78 Å². The van der Waals surface area contributed by atoms with Gasteiger partial charge in [0.1, 0.15) is 5.82 Å². The molecule has 0 spiro atoms. The summed E-state index contributed by atoms with van der Waals surface area (Å²) in [5, 5.41) is 0. The van der Waals surface area contributed by atoms with Crippen LogP contribution in [-0.4, -0.2) is 5.78 Å². The number of halogens is 1. The highest BCUT2D eigenvalue weighted by Gasteiger charge is 2.20. The molecule has 0 bridgehead atoms. The Kier molecular flexibility index (Phi) is 2.36. The van der Waals surface area contributed by atoms with Gasteiger partial charge in [-0.15, -0.1) is 0 Å². The van der Waals surface area contributed by atoms with E-state index in [1.165, 1.54) is 6.07 Å². The average molecular weight is 192 g/mol. The van der Waals surface area contributed by atoms with Crippen molar-refractivity contribution in [1.82, 2.24) is 0 Å². The number of fused-ring (bicyclic) bond motifs is 1. The summed E-state index contributed by atoms with van der Waals surface area (Å²) in [7, 11) is 0. The Bertz CT molecular complexity index is 382. The first-order valence-corrected chi connectivity index (χ1v) is 5.07. The van der Waals surface area contributed by atoms with Crippen molar-refractivity contribution in [1.29, 1.82) is 0 Å². The van der Waals surface area contributed by atoms with Crippen molar-refractivity contribution in [3.8, 4) is 0 Å². The summed E-state index contributed by atoms with van der Waals surface area (Å²) in [6, 6.07) is 3.05. The van der Waals surface area contributed by atoms with Gasteiger partial charge in [0.25, 0.3) is 0 Å². The second-order valence-electron chi connectivity index (χ2n) is 3.68. The minimum Gasteiger partial charge on any atom is -0.294 e. The fraction of sp³-hybridized carbons (Fsp3) is 0.417. The zero-order valence-corrected chi connectivity index (χ0v) is 8.27. The first-order chi connectivity index (χ1) is 6.74. The van der Waals surface area contributed by atoms with Gasteiger partial charge >= 0.3 is 0 Å². The van der Waals surface area contributed by atoms with Crippen LogP contribution in [0.15, 0.2) is 12.1 Å². The van der Waals surface area contributed by atoms with E-state index in [2.05, 4.69) is 0 Å². The molecule has 0 amide bonds. The highest BCUT2D eigenvalue weighted by molar-refractivity contribution is 5.98. The minimum atomic E-state index is -0.166. The molecule has 0 fully saturated rings. The number of benzene rings is 1. The van der Waals surface area contributed by atoms with E-state index in [9.17, 15) is 9.18 Å². The molecule has 1 aliphatic carbocycles. The first kappa shape index (κ1) is 9.38. The predicted molar refractivity (Wildman–Crippen MR) is 53.0 cm³/mol. The van der Waals surface area contributed by atoms with Crippen LogP contribution < -0.4 is 0 Å². The molecule has 1 nitrogen and oxygen atoms in total. The standard InChI is InChI=1S/C12H13FO/c1-2-8-9-4-3-5-12(14)10(9)6-7-11(8)13/h6-7H,2-5H2,1H3. The van der Waals surface area contributed by atoms with Gasteiger partial charge in [-0.2, -0.15) is 0 Å². The minimum absolute atomic E-state index is 0.166. The SMILES string of the molecule is CCc1c(F)ccc2c1CCCC2=O. The van der Waals surface area contributed by atoms with E-state index in [0.717, 1.165) is 29.5 Å². The fourth-order valence-corrected chi connectivity index (χ4v) is 2.15. The summed E-state index contributed by atoms with van der Waals surface area (Å²) >= 11 is 0. The van der Waals surface area contributed by atoms with Gasteiger partial charge < -0.3 is 0 Å². The number of ketones is 1. The molecule has 0 unspecified atom stereocenters. The molecule has 0 aromatic heterocycles. The van der Waals surface area contributed by atoms with Crippen molar-refractivity contribution < 1.29 is 9.18 Å². The van der Waals surface area contributed by atoms with E-state index >= 15 is 0 Å². The Hall–Kier alpha value is -1.18. The lowest BCUT2D eigenvalue weighted by Gasteiger charge is -2.18. The Balaban J connectivity index is 2.61.